The Bertz CT molecular complexity index is 1060. The van der Waals surface area contributed by atoms with Crippen LogP contribution in [0.4, 0.5) is 4.79 Å². The third-order valence-electron chi connectivity index (χ3n) is 5.53. The lowest BCUT2D eigenvalue weighted by molar-refractivity contribution is -0.137. The first-order valence-electron chi connectivity index (χ1n) is 10.0. The average molecular weight is 417 g/mol. The molecule has 1 aliphatic rings. The van der Waals surface area contributed by atoms with Crippen LogP contribution >= 0.6 is 0 Å². The quantitative estimate of drug-likeness (QED) is 0.580. The van der Waals surface area contributed by atoms with Gasteiger partial charge in [-0.1, -0.05) is 66.7 Å². The molecule has 0 bridgehead atoms. The lowest BCUT2D eigenvalue weighted by Gasteiger charge is -2.20. The van der Waals surface area contributed by atoms with E-state index in [1.54, 1.807) is 24.3 Å². The summed E-state index contributed by atoms with van der Waals surface area (Å²) in [6, 6.07) is 22.4. The van der Waals surface area contributed by atoms with Gasteiger partial charge < -0.3 is 19.9 Å². The molecule has 1 atom stereocenters. The summed E-state index contributed by atoms with van der Waals surface area (Å²) in [7, 11) is 1.50. The largest absolute Gasteiger partial charge is 0.496 e. The van der Waals surface area contributed by atoms with E-state index in [9.17, 15) is 14.7 Å². The van der Waals surface area contributed by atoms with Crippen molar-refractivity contribution in [2.75, 3.05) is 13.7 Å². The van der Waals surface area contributed by atoms with Crippen molar-refractivity contribution in [2.45, 2.75) is 18.4 Å². The number of hydrogen-bond acceptors (Lipinski definition) is 4. The second-order valence-corrected chi connectivity index (χ2v) is 7.36. The third-order valence-corrected chi connectivity index (χ3v) is 5.53. The van der Waals surface area contributed by atoms with Gasteiger partial charge in [-0.2, -0.15) is 0 Å². The number of aliphatic carboxylic acids is 1. The van der Waals surface area contributed by atoms with Crippen LogP contribution in [0.3, 0.4) is 0 Å². The van der Waals surface area contributed by atoms with Crippen LogP contribution in [0.25, 0.3) is 11.1 Å². The van der Waals surface area contributed by atoms with Gasteiger partial charge in [-0.3, -0.25) is 4.79 Å². The van der Waals surface area contributed by atoms with E-state index in [1.807, 2.05) is 36.4 Å². The normalized spacial score (nSPS) is 13.1. The lowest BCUT2D eigenvalue weighted by Crippen LogP contribution is -2.32. The lowest BCUT2D eigenvalue weighted by atomic mass is 9.98. The molecule has 1 amide bonds. The summed E-state index contributed by atoms with van der Waals surface area (Å²) in [5.41, 5.74) is 5.10. The number of methoxy groups -OCH3 is 1. The number of hydrogen-bond donors (Lipinski definition) is 2. The number of carbonyl (C=O) groups excluding carboxylic acids is 1. The minimum absolute atomic E-state index is 0.0673. The zero-order valence-corrected chi connectivity index (χ0v) is 17.1. The maximum atomic E-state index is 12.6. The minimum atomic E-state index is -1.03. The highest BCUT2D eigenvalue weighted by molar-refractivity contribution is 5.79. The molecule has 0 radical (unpaired) electrons. The minimum Gasteiger partial charge on any atom is -0.496 e. The first-order valence-corrected chi connectivity index (χ1v) is 10.0. The monoisotopic (exact) mass is 417 g/mol. The Labute approximate surface area is 180 Å². The summed E-state index contributed by atoms with van der Waals surface area (Å²) in [5, 5.41) is 12.0. The second-order valence-electron chi connectivity index (χ2n) is 7.36. The fourth-order valence-corrected chi connectivity index (χ4v) is 4.15. The van der Waals surface area contributed by atoms with E-state index in [0.717, 1.165) is 22.3 Å². The zero-order valence-electron chi connectivity index (χ0n) is 17.1. The molecule has 0 saturated heterocycles. The topological polar surface area (TPSA) is 84.9 Å². The first-order chi connectivity index (χ1) is 15.1. The number of ether oxygens (including phenoxy) is 2. The molecule has 158 valence electrons. The fourth-order valence-electron chi connectivity index (χ4n) is 4.15. The average Bonchev–Trinajstić information content (AvgIpc) is 3.11. The zero-order chi connectivity index (χ0) is 21.8. The Balaban J connectivity index is 1.50. The van der Waals surface area contributed by atoms with Crippen molar-refractivity contribution in [3.63, 3.8) is 0 Å². The Morgan fingerprint density at radius 2 is 1.52 bits per heavy atom. The van der Waals surface area contributed by atoms with Gasteiger partial charge in [0.2, 0.25) is 0 Å². The van der Waals surface area contributed by atoms with Crippen LogP contribution < -0.4 is 10.1 Å². The second kappa shape index (κ2) is 8.92. The van der Waals surface area contributed by atoms with Gasteiger partial charge in [-0.25, -0.2) is 4.79 Å². The van der Waals surface area contributed by atoms with Crippen LogP contribution in [0, 0.1) is 0 Å². The standard InChI is InChI=1S/C25H23NO5/c1-30-23-13-7-6-12-20(23)22(14-24(27)28)26-25(29)31-15-21-18-10-4-2-8-16(18)17-9-3-5-11-19(17)21/h2-13,21-22H,14-15H2,1H3,(H,26,29)(H,27,28). The van der Waals surface area contributed by atoms with Gasteiger partial charge in [-0.05, 0) is 28.3 Å². The van der Waals surface area contributed by atoms with E-state index in [4.69, 9.17) is 9.47 Å². The molecule has 4 rings (SSSR count). The summed E-state index contributed by atoms with van der Waals surface area (Å²) in [4.78, 5) is 24.0. The smallest absolute Gasteiger partial charge is 0.407 e. The number of alkyl carbamates (subject to hydrolysis) is 1. The summed E-state index contributed by atoms with van der Waals surface area (Å²) in [5.74, 6) is -0.593. The first kappa shape index (κ1) is 20.5. The number of carboxylic acid groups (broad SMARTS) is 1. The van der Waals surface area contributed by atoms with Gasteiger partial charge in [0.25, 0.3) is 0 Å². The van der Waals surface area contributed by atoms with Crippen LogP contribution in [-0.2, 0) is 9.53 Å². The van der Waals surface area contributed by atoms with Crippen molar-refractivity contribution in [2.24, 2.45) is 0 Å². The van der Waals surface area contributed by atoms with E-state index in [0.29, 0.717) is 11.3 Å². The number of benzene rings is 3. The molecule has 0 aliphatic heterocycles. The molecule has 0 fully saturated rings. The van der Waals surface area contributed by atoms with Crippen LogP contribution in [0.15, 0.2) is 72.8 Å². The van der Waals surface area contributed by atoms with Crippen molar-refractivity contribution in [1.29, 1.82) is 0 Å². The Hall–Kier alpha value is -3.80. The predicted molar refractivity (Wildman–Crippen MR) is 116 cm³/mol. The number of amides is 1. The molecule has 0 saturated carbocycles. The van der Waals surface area contributed by atoms with E-state index < -0.39 is 18.1 Å². The molecule has 6 heteroatoms. The number of carboxylic acids is 1. The predicted octanol–water partition coefficient (Wildman–Crippen LogP) is 4.75. The van der Waals surface area contributed by atoms with Crippen molar-refractivity contribution < 1.29 is 24.2 Å². The number of nitrogens with one attached hydrogen (secondary N) is 1. The molecule has 0 spiro atoms. The molecule has 3 aromatic carbocycles. The van der Waals surface area contributed by atoms with Crippen LogP contribution in [0.2, 0.25) is 0 Å². The van der Waals surface area contributed by atoms with Gasteiger partial charge in [0.05, 0.1) is 19.6 Å². The molecule has 3 aromatic rings. The summed E-state index contributed by atoms with van der Waals surface area (Å²) < 4.78 is 10.9. The maximum absolute atomic E-state index is 12.6. The number of carbonyl (C=O) groups is 2. The van der Waals surface area contributed by atoms with Gasteiger partial charge in [-0.15, -0.1) is 0 Å². The molecule has 2 N–H and O–H groups in total. The molecule has 31 heavy (non-hydrogen) atoms. The van der Waals surface area contributed by atoms with Gasteiger partial charge >= 0.3 is 12.1 Å². The molecule has 6 nitrogen and oxygen atoms in total. The van der Waals surface area contributed by atoms with Gasteiger partial charge in [0.1, 0.15) is 12.4 Å². The number of para-hydroxylation sites is 1. The van der Waals surface area contributed by atoms with Crippen LogP contribution in [0.5, 0.6) is 5.75 Å². The molecule has 1 unspecified atom stereocenters. The molecular weight excluding hydrogens is 394 g/mol. The van der Waals surface area contributed by atoms with E-state index >= 15 is 0 Å². The van der Waals surface area contributed by atoms with E-state index in [1.165, 1.54) is 7.11 Å². The molecular formula is C25H23NO5. The summed E-state index contributed by atoms with van der Waals surface area (Å²) in [6.45, 7) is 0.158. The third kappa shape index (κ3) is 4.23. The maximum Gasteiger partial charge on any atom is 0.407 e. The fraction of sp³-hybridized carbons (Fsp3) is 0.200. The molecule has 0 heterocycles. The summed E-state index contributed by atoms with van der Waals surface area (Å²) >= 11 is 0. The van der Waals surface area contributed by atoms with Gasteiger partial charge in [0, 0.05) is 11.5 Å². The summed E-state index contributed by atoms with van der Waals surface area (Å²) in [6.07, 6.45) is -0.955. The van der Waals surface area contributed by atoms with Crippen molar-refractivity contribution in [3.05, 3.63) is 89.5 Å². The number of fused-ring (bicyclic) bond motifs is 3. The Morgan fingerprint density at radius 3 is 2.13 bits per heavy atom. The number of rotatable bonds is 7. The Morgan fingerprint density at radius 1 is 0.935 bits per heavy atom. The molecule has 1 aliphatic carbocycles. The van der Waals surface area contributed by atoms with Crippen LogP contribution in [-0.4, -0.2) is 30.9 Å². The Kier molecular flexibility index (Phi) is 5.89. The highest BCUT2D eigenvalue weighted by Gasteiger charge is 2.29. The highest BCUT2D eigenvalue weighted by Crippen LogP contribution is 2.44. The van der Waals surface area contributed by atoms with E-state index in [2.05, 4.69) is 17.4 Å². The van der Waals surface area contributed by atoms with Gasteiger partial charge in [0.15, 0.2) is 0 Å². The van der Waals surface area contributed by atoms with Crippen molar-refractivity contribution in [3.8, 4) is 16.9 Å². The van der Waals surface area contributed by atoms with Crippen LogP contribution in [0.1, 0.15) is 35.1 Å². The van der Waals surface area contributed by atoms with Crippen molar-refractivity contribution in [1.82, 2.24) is 5.32 Å². The van der Waals surface area contributed by atoms with E-state index in [-0.39, 0.29) is 18.9 Å². The SMILES string of the molecule is COc1ccccc1C(CC(=O)O)NC(=O)OCC1c2ccccc2-c2ccccc21. The molecule has 0 aromatic heterocycles. The van der Waals surface area contributed by atoms with Crippen molar-refractivity contribution >= 4 is 12.1 Å². The highest BCUT2D eigenvalue weighted by atomic mass is 16.5.